The molecule has 1 saturated carbocycles. The van der Waals surface area contributed by atoms with E-state index in [1.807, 2.05) is 13.8 Å². The first-order valence-electron chi connectivity index (χ1n) is 6.14. The fourth-order valence-corrected chi connectivity index (χ4v) is 5.36. The number of sulfonamides is 1. The number of thiophene rings is 1. The molecule has 0 spiro atoms. The lowest BCUT2D eigenvalue weighted by Gasteiger charge is -2.19. The van der Waals surface area contributed by atoms with E-state index in [1.54, 1.807) is 10.4 Å². The van der Waals surface area contributed by atoms with E-state index < -0.39 is 10.0 Å². The molecule has 2 rings (SSSR count). The Labute approximate surface area is 118 Å². The van der Waals surface area contributed by atoms with E-state index in [0.29, 0.717) is 29.1 Å². The first kappa shape index (κ1) is 14.3. The van der Waals surface area contributed by atoms with Gasteiger partial charge in [0.25, 0.3) is 10.0 Å². The molecule has 0 N–H and O–H groups in total. The van der Waals surface area contributed by atoms with Gasteiger partial charge < -0.3 is 0 Å². The van der Waals surface area contributed by atoms with Crippen LogP contribution in [0.15, 0.2) is 10.3 Å². The largest absolute Gasteiger partial charge is 0.252 e. The SMILES string of the molecule is CCN(CC1CC1)S(=O)(=O)c1cc(C)c(CCl)s1. The highest BCUT2D eigenvalue weighted by atomic mass is 35.5. The van der Waals surface area contributed by atoms with Crippen LogP contribution >= 0.6 is 22.9 Å². The van der Waals surface area contributed by atoms with Crippen molar-refractivity contribution >= 4 is 33.0 Å². The predicted octanol–water partition coefficient (Wildman–Crippen LogP) is 3.22. The summed E-state index contributed by atoms with van der Waals surface area (Å²) in [4.78, 5) is 0.942. The summed E-state index contributed by atoms with van der Waals surface area (Å²) >= 11 is 7.10. The van der Waals surface area contributed by atoms with Crippen LogP contribution in [0.5, 0.6) is 0 Å². The van der Waals surface area contributed by atoms with Crippen LogP contribution < -0.4 is 0 Å². The van der Waals surface area contributed by atoms with E-state index in [1.165, 1.54) is 11.3 Å². The molecule has 1 aromatic rings. The zero-order valence-corrected chi connectivity index (χ0v) is 13.0. The third-order valence-electron chi connectivity index (χ3n) is 3.22. The van der Waals surface area contributed by atoms with Gasteiger partial charge in [-0.25, -0.2) is 8.42 Å². The smallest absolute Gasteiger partial charge is 0.206 e. The predicted molar refractivity (Wildman–Crippen MR) is 75.8 cm³/mol. The Morgan fingerprint density at radius 3 is 2.61 bits per heavy atom. The second-order valence-electron chi connectivity index (χ2n) is 4.70. The van der Waals surface area contributed by atoms with Crippen molar-refractivity contribution in [2.75, 3.05) is 13.1 Å². The van der Waals surface area contributed by atoms with Crippen LogP contribution in [0.2, 0.25) is 0 Å². The average Bonchev–Trinajstić information content (AvgIpc) is 3.07. The van der Waals surface area contributed by atoms with Crippen LogP contribution in [0.3, 0.4) is 0 Å². The van der Waals surface area contributed by atoms with E-state index in [9.17, 15) is 8.42 Å². The summed E-state index contributed by atoms with van der Waals surface area (Å²) in [5.74, 6) is 0.939. The number of alkyl halides is 1. The summed E-state index contributed by atoms with van der Waals surface area (Å²) in [5, 5.41) is 0. The van der Waals surface area contributed by atoms with Gasteiger partial charge in [-0.3, -0.25) is 0 Å². The van der Waals surface area contributed by atoms with Crippen LogP contribution in [0.1, 0.15) is 30.2 Å². The number of halogens is 1. The molecule has 1 aliphatic rings. The minimum Gasteiger partial charge on any atom is -0.206 e. The molecule has 0 unspecified atom stereocenters. The molecule has 102 valence electrons. The van der Waals surface area contributed by atoms with Gasteiger partial charge >= 0.3 is 0 Å². The summed E-state index contributed by atoms with van der Waals surface area (Å²) in [6.45, 7) is 4.99. The van der Waals surface area contributed by atoms with Crippen LogP contribution in [-0.4, -0.2) is 25.8 Å². The number of nitrogens with zero attached hydrogens (tertiary/aromatic N) is 1. The Hall–Kier alpha value is -0.100. The highest BCUT2D eigenvalue weighted by molar-refractivity contribution is 7.91. The molecule has 3 nitrogen and oxygen atoms in total. The van der Waals surface area contributed by atoms with Crippen molar-refractivity contribution in [3.05, 3.63) is 16.5 Å². The highest BCUT2D eigenvalue weighted by Crippen LogP contribution is 2.34. The van der Waals surface area contributed by atoms with E-state index >= 15 is 0 Å². The molecule has 6 heteroatoms. The fourth-order valence-electron chi connectivity index (χ4n) is 1.86. The Balaban J connectivity index is 2.26. The van der Waals surface area contributed by atoms with E-state index in [0.717, 1.165) is 23.3 Å². The summed E-state index contributed by atoms with van der Waals surface area (Å²) in [5.41, 5.74) is 0.969. The minimum atomic E-state index is -3.32. The minimum absolute atomic E-state index is 0.376. The van der Waals surface area contributed by atoms with Crippen LogP contribution in [-0.2, 0) is 15.9 Å². The molecule has 0 atom stereocenters. The molecular formula is C12H18ClNO2S2. The van der Waals surface area contributed by atoms with E-state index in [4.69, 9.17) is 11.6 Å². The van der Waals surface area contributed by atoms with Crippen LogP contribution in [0.4, 0.5) is 0 Å². The number of hydrogen-bond donors (Lipinski definition) is 0. The molecule has 18 heavy (non-hydrogen) atoms. The van der Waals surface area contributed by atoms with Gasteiger partial charge in [0.15, 0.2) is 0 Å². The molecule has 1 heterocycles. The molecule has 1 aromatic heterocycles. The summed E-state index contributed by atoms with van der Waals surface area (Å²) in [6, 6.07) is 1.74. The van der Waals surface area contributed by atoms with Crippen molar-refractivity contribution in [2.45, 2.75) is 36.8 Å². The van der Waals surface area contributed by atoms with E-state index in [-0.39, 0.29) is 0 Å². The van der Waals surface area contributed by atoms with Crippen molar-refractivity contribution in [1.82, 2.24) is 4.31 Å². The summed E-state index contributed by atoms with van der Waals surface area (Å²) < 4.78 is 27.0. The summed E-state index contributed by atoms with van der Waals surface area (Å²) in [7, 11) is -3.32. The molecular weight excluding hydrogens is 290 g/mol. The maximum Gasteiger partial charge on any atom is 0.252 e. The highest BCUT2D eigenvalue weighted by Gasteiger charge is 2.31. The number of rotatable bonds is 6. The molecule has 0 saturated heterocycles. The van der Waals surface area contributed by atoms with Crippen molar-refractivity contribution in [2.24, 2.45) is 5.92 Å². The lowest BCUT2D eigenvalue weighted by Crippen LogP contribution is -2.32. The molecule has 1 fully saturated rings. The molecule has 0 aromatic carbocycles. The Kier molecular flexibility index (Phi) is 4.36. The monoisotopic (exact) mass is 307 g/mol. The Bertz CT molecular complexity index is 520. The number of hydrogen-bond acceptors (Lipinski definition) is 3. The third kappa shape index (κ3) is 2.90. The Morgan fingerprint density at radius 1 is 1.50 bits per heavy atom. The quantitative estimate of drug-likeness (QED) is 0.757. The van der Waals surface area contributed by atoms with Gasteiger partial charge in [0.05, 0.1) is 5.88 Å². The topological polar surface area (TPSA) is 37.4 Å². The van der Waals surface area contributed by atoms with Gasteiger partial charge in [-0.15, -0.1) is 22.9 Å². The van der Waals surface area contributed by atoms with E-state index in [2.05, 4.69) is 0 Å². The molecule has 0 radical (unpaired) electrons. The molecule has 0 aliphatic heterocycles. The van der Waals surface area contributed by atoms with Gasteiger partial charge in [0.1, 0.15) is 4.21 Å². The van der Waals surface area contributed by atoms with Gasteiger partial charge in [-0.1, -0.05) is 6.92 Å². The summed E-state index contributed by atoms with van der Waals surface area (Å²) in [6.07, 6.45) is 2.31. The molecule has 1 aliphatic carbocycles. The normalized spacial score (nSPS) is 16.4. The maximum absolute atomic E-state index is 12.5. The van der Waals surface area contributed by atoms with Gasteiger partial charge in [-0.05, 0) is 37.3 Å². The lowest BCUT2D eigenvalue weighted by atomic mass is 10.3. The first-order chi connectivity index (χ1) is 8.48. The molecule has 0 amide bonds. The second kappa shape index (κ2) is 5.49. The van der Waals surface area contributed by atoms with Crippen molar-refractivity contribution in [3.63, 3.8) is 0 Å². The van der Waals surface area contributed by atoms with Gasteiger partial charge in [0.2, 0.25) is 0 Å². The number of aryl methyl sites for hydroxylation is 1. The van der Waals surface area contributed by atoms with Gasteiger partial charge in [-0.2, -0.15) is 4.31 Å². The van der Waals surface area contributed by atoms with Crippen LogP contribution in [0, 0.1) is 12.8 Å². The van der Waals surface area contributed by atoms with Crippen molar-refractivity contribution in [1.29, 1.82) is 0 Å². The molecule has 0 bridgehead atoms. The standard InChI is InChI=1S/C12H18ClNO2S2/c1-3-14(8-10-4-5-10)18(15,16)12-6-9(2)11(7-13)17-12/h6,10H,3-5,7-8H2,1-2H3. The third-order valence-corrected chi connectivity index (χ3v) is 7.28. The van der Waals surface area contributed by atoms with Crippen molar-refractivity contribution in [3.8, 4) is 0 Å². The first-order valence-corrected chi connectivity index (χ1v) is 8.93. The Morgan fingerprint density at radius 2 is 2.17 bits per heavy atom. The lowest BCUT2D eigenvalue weighted by molar-refractivity contribution is 0.413. The zero-order valence-electron chi connectivity index (χ0n) is 10.6. The second-order valence-corrected chi connectivity index (χ2v) is 8.27. The van der Waals surface area contributed by atoms with Crippen LogP contribution in [0.25, 0.3) is 0 Å². The fraction of sp³-hybridized carbons (Fsp3) is 0.667. The van der Waals surface area contributed by atoms with Crippen molar-refractivity contribution < 1.29 is 8.42 Å². The zero-order chi connectivity index (χ0) is 13.3. The maximum atomic E-state index is 12.5. The van der Waals surface area contributed by atoms with Gasteiger partial charge in [0, 0.05) is 18.0 Å². The average molecular weight is 308 g/mol.